The van der Waals surface area contributed by atoms with E-state index >= 15 is 4.79 Å². The van der Waals surface area contributed by atoms with Crippen LogP contribution in [0.2, 0.25) is 0 Å². The Hall–Kier alpha value is -4.85. The zero-order valence-electron chi connectivity index (χ0n) is 57.6. The van der Waals surface area contributed by atoms with E-state index in [1.807, 2.05) is 39.8 Å². The van der Waals surface area contributed by atoms with Crippen molar-refractivity contribution < 1.29 is 111 Å². The van der Waals surface area contributed by atoms with Crippen LogP contribution in [0.15, 0.2) is 70.6 Å². The number of nitrogens with zero attached hydrogens (tertiary/aromatic N) is 1. The Bertz CT molecular complexity index is 3040. The van der Waals surface area contributed by atoms with Gasteiger partial charge in [0, 0.05) is 62.7 Å². The highest BCUT2D eigenvalue weighted by molar-refractivity contribution is 6.26. The van der Waals surface area contributed by atoms with E-state index in [1.165, 1.54) is 46.1 Å². The number of nitrogens with one attached hydrogen (secondary N) is 1. The third-order valence-electron chi connectivity index (χ3n) is 22.1. The SMILES string of the molecule is COC(=O)N[C@H]1[C@@H](C)O[C@@H](O[C@H]2C/C=C(\C)[C@@H]3C=C[C@@H]4[C@@H](O[C@H]5C[C@@H](O[C@H]6CC[C@@H](O[C@@H]7C[C@@H](O)[C@@H](O[C@H]8CC[C@@H](O)[C@H](C)O8)[C@H](C)O7)[C@H](C)O6)[C@@H](OC(C)=O)[C@H](C)O5)[C@@H](C)C[C@H](C)[C@H]4[C@]3(C)C(O)=C3C(=O)O[C@]4(CC(/C=C/C(C)=O)=C[C@H](O)[C@H]4/C=C/2C)C3=O)C[C@]1(C)N([O-])O. The largest absolute Gasteiger partial charge is 0.762 e. The fourth-order valence-corrected chi connectivity index (χ4v) is 17.2. The molecule has 96 heavy (non-hydrogen) atoms. The summed E-state index contributed by atoms with van der Waals surface area (Å²) >= 11 is 0. The number of esters is 2. The Morgan fingerprint density at radius 3 is 2.00 bits per heavy atom. The van der Waals surface area contributed by atoms with Crippen molar-refractivity contribution in [3.05, 3.63) is 75.8 Å². The van der Waals surface area contributed by atoms with Gasteiger partial charge in [-0.25, -0.2) is 9.59 Å². The van der Waals surface area contributed by atoms with Crippen molar-refractivity contribution in [3.8, 4) is 0 Å². The summed E-state index contributed by atoms with van der Waals surface area (Å²) in [6.45, 7) is 22.6. The van der Waals surface area contributed by atoms with Crippen LogP contribution in [-0.4, -0.2) is 202 Å². The number of carbonyl (C=O) groups excluding carboxylic acids is 5. The Labute approximate surface area is 561 Å². The van der Waals surface area contributed by atoms with Crippen molar-refractivity contribution in [1.29, 1.82) is 0 Å². The summed E-state index contributed by atoms with van der Waals surface area (Å²) in [7, 11) is 1.17. The summed E-state index contributed by atoms with van der Waals surface area (Å²) in [6.07, 6.45) is -1.15. The molecule has 536 valence electrons. The molecule has 6 N–H and O–H groups in total. The van der Waals surface area contributed by atoms with E-state index in [4.69, 9.17) is 61.6 Å². The van der Waals surface area contributed by atoms with E-state index in [2.05, 4.69) is 25.2 Å². The van der Waals surface area contributed by atoms with E-state index in [-0.39, 0.29) is 54.9 Å². The lowest BCUT2D eigenvalue weighted by atomic mass is 9.49. The maximum absolute atomic E-state index is 15.8. The topological polar surface area (TPSA) is 345 Å². The number of carbonyl (C=O) groups is 5. The molecule has 1 amide bonds. The first kappa shape index (κ1) is 73.9. The molecule has 6 saturated heterocycles. The Balaban J connectivity index is 0.919. The van der Waals surface area contributed by atoms with Gasteiger partial charge in [-0.3, -0.25) is 19.6 Å². The molecule has 0 unspecified atom stereocenters. The van der Waals surface area contributed by atoms with Crippen LogP contribution < -0.4 is 5.32 Å². The third kappa shape index (κ3) is 15.0. The molecule has 26 nitrogen and oxygen atoms in total. The number of hydroxylamine groups is 2. The average molecular weight is 1350 g/mol. The lowest BCUT2D eigenvalue weighted by Gasteiger charge is -2.56. The number of fused-ring (bicyclic) bond motifs is 4. The quantitative estimate of drug-likeness (QED) is 0.0235. The van der Waals surface area contributed by atoms with E-state index in [0.29, 0.717) is 43.3 Å². The van der Waals surface area contributed by atoms with Gasteiger partial charge in [0.2, 0.25) is 5.78 Å². The van der Waals surface area contributed by atoms with E-state index in [1.54, 1.807) is 33.8 Å². The molecule has 29 atom stereocenters. The molecule has 2 bridgehead atoms. The van der Waals surface area contributed by atoms with Crippen LogP contribution in [0.5, 0.6) is 0 Å². The third-order valence-corrected chi connectivity index (χ3v) is 22.1. The number of ether oxygens (including phenoxy) is 13. The molecule has 1 saturated carbocycles. The fourth-order valence-electron chi connectivity index (χ4n) is 17.2. The summed E-state index contributed by atoms with van der Waals surface area (Å²) in [5, 5.41) is 73.1. The minimum atomic E-state index is -2.14. The number of aliphatic hydroxyl groups is 4. The molecule has 6 heterocycles. The van der Waals surface area contributed by atoms with Crippen LogP contribution in [0.4, 0.5) is 4.79 Å². The fraction of sp³-hybridized carbons (Fsp3) is 0.757. The summed E-state index contributed by atoms with van der Waals surface area (Å²) in [6, 6.07) is -1.06. The zero-order chi connectivity index (χ0) is 69.8. The molecule has 10 aliphatic rings. The highest BCUT2D eigenvalue weighted by atomic mass is 16.8. The molecule has 26 heteroatoms. The number of Topliss-reactive ketones (excluding diaryl/α,β-unsaturated/α-hetero) is 1. The molecule has 6 aliphatic heterocycles. The smallest absolute Gasteiger partial charge is 0.407 e. The average Bonchev–Trinajstić information content (AvgIpc) is 1.48. The second-order valence-electron chi connectivity index (χ2n) is 29.1. The first-order chi connectivity index (χ1) is 45.3. The van der Waals surface area contributed by atoms with Crippen molar-refractivity contribution in [3.63, 3.8) is 0 Å². The minimum Gasteiger partial charge on any atom is -0.762 e. The summed E-state index contributed by atoms with van der Waals surface area (Å²) < 4.78 is 82.0. The first-order valence-electron chi connectivity index (χ1n) is 34.2. The predicted molar refractivity (Wildman–Crippen MR) is 339 cm³/mol. The molecule has 1 spiro atoms. The number of aliphatic hydroxyl groups excluding tert-OH is 4. The van der Waals surface area contributed by atoms with Gasteiger partial charge in [0.05, 0.1) is 91.8 Å². The van der Waals surface area contributed by atoms with Crippen LogP contribution in [0.25, 0.3) is 0 Å². The Morgan fingerprint density at radius 2 is 1.34 bits per heavy atom. The van der Waals surface area contributed by atoms with E-state index < -0.39 is 198 Å². The van der Waals surface area contributed by atoms with Crippen molar-refractivity contribution in [1.82, 2.24) is 10.5 Å². The van der Waals surface area contributed by atoms with E-state index in [0.717, 1.165) is 5.57 Å². The Morgan fingerprint density at radius 1 is 0.708 bits per heavy atom. The second-order valence-corrected chi connectivity index (χ2v) is 29.1. The summed E-state index contributed by atoms with van der Waals surface area (Å²) in [5.74, 6) is -6.57. The van der Waals surface area contributed by atoms with Crippen LogP contribution in [0, 0.1) is 46.1 Å². The number of allylic oxidation sites excluding steroid dienone is 5. The molecule has 0 aromatic carbocycles. The van der Waals surface area contributed by atoms with Gasteiger partial charge < -0.3 is 97.7 Å². The van der Waals surface area contributed by atoms with Gasteiger partial charge in [-0.15, -0.1) is 0 Å². The molecule has 10 rings (SSSR count). The van der Waals surface area contributed by atoms with Gasteiger partial charge in [0.15, 0.2) is 48.9 Å². The molecule has 0 aromatic rings. The molecular weight excluding hydrogens is 1250 g/mol. The van der Waals surface area contributed by atoms with Gasteiger partial charge in [0.25, 0.3) is 0 Å². The molecule has 7 fully saturated rings. The highest BCUT2D eigenvalue weighted by Gasteiger charge is 2.65. The van der Waals surface area contributed by atoms with Crippen molar-refractivity contribution in [2.75, 3.05) is 7.11 Å². The number of rotatable bonds is 15. The van der Waals surface area contributed by atoms with Crippen LogP contribution in [0.3, 0.4) is 0 Å². The first-order valence-corrected chi connectivity index (χ1v) is 34.2. The lowest BCUT2D eigenvalue weighted by molar-refractivity contribution is -0.331. The van der Waals surface area contributed by atoms with Crippen molar-refractivity contribution >= 4 is 29.6 Å². The second kappa shape index (κ2) is 29.8. The van der Waals surface area contributed by atoms with Crippen LogP contribution in [-0.2, 0) is 80.8 Å². The standard InChI is InChI=1S/C70H101N2O24/c1-32-15-21-50(91-57-31-68(12,72(82)83)63(41(10)89-57)71-67(81)84-14)33(2)26-46-48(76)27-43(17-16-36(5)73)30-70(46)65(79)58(66(80)96-70)64(78)69(13)45(32)19-18-44-59(69)34(3)25-35(4)60(44)95-56-29-52(62(40(9)88-56)90-42(11)74)93-53-24-22-51(38(7)86-53)92-55-28-49(77)61(39(8)87-55)94-54-23-20-47(75)37(6)85-54/h15-19,26-27,34-35,37-41,44-57,59-63,75-78,82H,20-25,28-31H2,1-14H3,(H,71,81)/q-1/b17-16+,32-15+,33-26+,64-58?/t34-,35-,37-,38-,39-,40-,41+,44-,45-,46+,47+,48-,49+,50-,51+,52+,53-,54-,55+,56-,57-,59+,60-,61-,62-,63-,68-,69+,70-/m0/s1. The van der Waals surface area contributed by atoms with Crippen molar-refractivity contribution in [2.45, 2.75) is 288 Å². The number of ketones is 2. The Kier molecular flexibility index (Phi) is 22.9. The normalized spacial score (nSPS) is 46.5. The summed E-state index contributed by atoms with van der Waals surface area (Å²) in [4.78, 5) is 68.3. The van der Waals surface area contributed by atoms with Gasteiger partial charge in [-0.1, -0.05) is 62.8 Å². The maximum atomic E-state index is 15.8. The molecule has 0 aromatic heterocycles. The number of hydrogen-bond acceptors (Lipinski definition) is 25. The minimum absolute atomic E-state index is 0.113. The number of alkyl carbamates (subject to hydrolysis) is 1. The van der Waals surface area contributed by atoms with Gasteiger partial charge in [-0.2, -0.15) is 0 Å². The zero-order valence-corrected chi connectivity index (χ0v) is 57.6. The predicted octanol–water partition coefficient (Wildman–Crippen LogP) is 7.22. The maximum Gasteiger partial charge on any atom is 0.407 e. The molecule has 4 aliphatic carbocycles. The molecular formula is C70H101N2O24-. The highest BCUT2D eigenvalue weighted by Crippen LogP contribution is 2.61. The molecule has 0 radical (unpaired) electrons. The van der Waals surface area contributed by atoms with Crippen LogP contribution in [0.1, 0.15) is 154 Å². The van der Waals surface area contributed by atoms with Crippen LogP contribution >= 0.6 is 0 Å². The number of hydrogen-bond donors (Lipinski definition) is 6. The lowest BCUT2D eigenvalue weighted by Crippen LogP contribution is -2.67. The summed E-state index contributed by atoms with van der Waals surface area (Å²) in [5.41, 5.74) is -4.30. The monoisotopic (exact) mass is 1350 g/mol. The van der Waals surface area contributed by atoms with E-state index in [9.17, 15) is 50.0 Å². The van der Waals surface area contributed by atoms with Crippen molar-refractivity contribution in [2.24, 2.45) is 40.9 Å². The van der Waals surface area contributed by atoms with Gasteiger partial charge in [0.1, 0.15) is 23.5 Å². The van der Waals surface area contributed by atoms with Gasteiger partial charge in [-0.05, 0) is 123 Å². The number of methoxy groups -OCH3 is 1. The number of amides is 1. The van der Waals surface area contributed by atoms with Gasteiger partial charge >= 0.3 is 18.0 Å².